The smallest absolute Gasteiger partial charge is 0.251 e. The molecule has 0 aliphatic heterocycles. The van der Waals surface area contributed by atoms with E-state index < -0.39 is 10.8 Å². The molecule has 1 amide bonds. The molecular formula is C16H21NO2S. The lowest BCUT2D eigenvalue weighted by atomic mass is 9.97. The summed E-state index contributed by atoms with van der Waals surface area (Å²) in [4.78, 5) is 12.7. The maximum absolute atomic E-state index is 12.0. The van der Waals surface area contributed by atoms with Crippen LogP contribution in [0.15, 0.2) is 40.8 Å². The van der Waals surface area contributed by atoms with Crippen molar-refractivity contribution < 1.29 is 9.00 Å². The topological polar surface area (TPSA) is 46.2 Å². The lowest BCUT2D eigenvalue weighted by Gasteiger charge is -2.13. The van der Waals surface area contributed by atoms with Gasteiger partial charge in [-0.3, -0.25) is 9.00 Å². The van der Waals surface area contributed by atoms with Gasteiger partial charge in [-0.15, -0.1) is 0 Å². The monoisotopic (exact) mass is 291 g/mol. The second-order valence-electron chi connectivity index (χ2n) is 5.09. The standard InChI is InChI=1S/C16H21NO2S/c1-20(19)15-9-7-14(8-10-15)16(18)17-12-11-13-5-3-2-4-6-13/h5,7-10H,2-4,6,11-12H2,1H3,(H,17,18). The lowest BCUT2D eigenvalue weighted by Crippen LogP contribution is -2.24. The van der Waals surface area contributed by atoms with Crippen LogP contribution in [0.25, 0.3) is 0 Å². The van der Waals surface area contributed by atoms with E-state index in [1.165, 1.54) is 31.3 Å². The van der Waals surface area contributed by atoms with Crippen molar-refractivity contribution >= 4 is 16.7 Å². The normalized spacial score (nSPS) is 16.4. The van der Waals surface area contributed by atoms with Crippen molar-refractivity contribution in [2.24, 2.45) is 0 Å². The summed E-state index contributed by atoms with van der Waals surface area (Å²) >= 11 is 0. The van der Waals surface area contributed by atoms with Gasteiger partial charge in [0.1, 0.15) is 0 Å². The second-order valence-corrected chi connectivity index (χ2v) is 6.47. The van der Waals surface area contributed by atoms with Gasteiger partial charge in [0.25, 0.3) is 5.91 Å². The van der Waals surface area contributed by atoms with Crippen LogP contribution in [-0.4, -0.2) is 22.9 Å². The predicted molar refractivity (Wildman–Crippen MR) is 82.3 cm³/mol. The number of rotatable bonds is 5. The molecule has 2 rings (SSSR count). The Balaban J connectivity index is 1.82. The van der Waals surface area contributed by atoms with Crippen LogP contribution in [-0.2, 0) is 10.8 Å². The fraction of sp³-hybridized carbons (Fsp3) is 0.438. The highest BCUT2D eigenvalue weighted by atomic mass is 32.2. The summed E-state index contributed by atoms with van der Waals surface area (Å²) in [5.41, 5.74) is 2.09. The third-order valence-electron chi connectivity index (χ3n) is 3.57. The molecule has 1 aliphatic rings. The summed E-state index contributed by atoms with van der Waals surface area (Å²) in [5.74, 6) is -0.0603. The van der Waals surface area contributed by atoms with E-state index in [2.05, 4.69) is 11.4 Å². The average Bonchev–Trinajstić information content (AvgIpc) is 2.48. The maximum atomic E-state index is 12.0. The van der Waals surface area contributed by atoms with E-state index in [0.717, 1.165) is 11.3 Å². The molecular weight excluding hydrogens is 270 g/mol. The van der Waals surface area contributed by atoms with E-state index in [9.17, 15) is 9.00 Å². The van der Waals surface area contributed by atoms with Gasteiger partial charge in [0.15, 0.2) is 0 Å². The Morgan fingerprint density at radius 1 is 1.25 bits per heavy atom. The SMILES string of the molecule is CS(=O)c1ccc(C(=O)NCCC2=CCCCC2)cc1. The van der Waals surface area contributed by atoms with Crippen molar-refractivity contribution in [1.82, 2.24) is 5.32 Å². The summed E-state index contributed by atoms with van der Waals surface area (Å²) in [5, 5.41) is 2.94. The highest BCUT2D eigenvalue weighted by molar-refractivity contribution is 7.84. The summed E-state index contributed by atoms with van der Waals surface area (Å²) in [6, 6.07) is 6.95. The van der Waals surface area contributed by atoms with Crippen molar-refractivity contribution in [2.75, 3.05) is 12.8 Å². The fourth-order valence-electron chi connectivity index (χ4n) is 2.37. The van der Waals surface area contributed by atoms with Crippen LogP contribution in [0, 0.1) is 0 Å². The molecule has 108 valence electrons. The van der Waals surface area contributed by atoms with E-state index in [1.807, 2.05) is 0 Å². The minimum Gasteiger partial charge on any atom is -0.352 e. The van der Waals surface area contributed by atoms with Crippen LogP contribution in [0.2, 0.25) is 0 Å². The van der Waals surface area contributed by atoms with Crippen LogP contribution < -0.4 is 5.32 Å². The minimum atomic E-state index is -0.998. The summed E-state index contributed by atoms with van der Waals surface area (Å²) in [6.45, 7) is 0.687. The highest BCUT2D eigenvalue weighted by Gasteiger charge is 2.07. The first kappa shape index (κ1) is 15.0. The van der Waals surface area contributed by atoms with Gasteiger partial charge in [0, 0.05) is 34.1 Å². The Bertz CT molecular complexity index is 520. The van der Waals surface area contributed by atoms with Crippen molar-refractivity contribution in [3.05, 3.63) is 41.5 Å². The number of allylic oxidation sites excluding steroid dienone is 1. The molecule has 1 atom stereocenters. The first-order chi connectivity index (χ1) is 9.66. The molecule has 0 saturated carbocycles. The zero-order valence-corrected chi connectivity index (χ0v) is 12.7. The molecule has 1 unspecified atom stereocenters. The van der Waals surface area contributed by atoms with Gasteiger partial charge >= 0.3 is 0 Å². The average molecular weight is 291 g/mol. The zero-order chi connectivity index (χ0) is 14.4. The summed E-state index contributed by atoms with van der Waals surface area (Å²) in [7, 11) is -0.998. The van der Waals surface area contributed by atoms with Crippen LogP contribution in [0.4, 0.5) is 0 Å². The summed E-state index contributed by atoms with van der Waals surface area (Å²) < 4.78 is 11.3. The number of carbonyl (C=O) groups is 1. The van der Waals surface area contributed by atoms with Crippen LogP contribution in [0.5, 0.6) is 0 Å². The Labute approximate surface area is 122 Å². The largest absolute Gasteiger partial charge is 0.352 e. The number of nitrogens with one attached hydrogen (secondary N) is 1. The Morgan fingerprint density at radius 2 is 2.00 bits per heavy atom. The van der Waals surface area contributed by atoms with E-state index in [0.29, 0.717) is 12.1 Å². The molecule has 1 aromatic carbocycles. The third kappa shape index (κ3) is 4.30. The third-order valence-corrected chi connectivity index (χ3v) is 4.50. The number of benzene rings is 1. The molecule has 1 aliphatic carbocycles. The number of hydrogen-bond acceptors (Lipinski definition) is 2. The van der Waals surface area contributed by atoms with Gasteiger partial charge < -0.3 is 5.32 Å². The Kier molecular flexibility index (Phi) is 5.53. The molecule has 0 fully saturated rings. The molecule has 4 heteroatoms. The number of carbonyl (C=O) groups excluding carboxylic acids is 1. The zero-order valence-electron chi connectivity index (χ0n) is 11.9. The molecule has 0 spiro atoms. The Hall–Kier alpha value is -1.42. The molecule has 1 N–H and O–H groups in total. The molecule has 0 radical (unpaired) electrons. The van der Waals surface area contributed by atoms with Crippen molar-refractivity contribution in [2.45, 2.75) is 37.0 Å². The molecule has 0 heterocycles. The van der Waals surface area contributed by atoms with Gasteiger partial charge in [-0.2, -0.15) is 0 Å². The molecule has 0 bridgehead atoms. The maximum Gasteiger partial charge on any atom is 0.251 e. The van der Waals surface area contributed by atoms with Crippen molar-refractivity contribution in [1.29, 1.82) is 0 Å². The van der Waals surface area contributed by atoms with Crippen LogP contribution in [0.1, 0.15) is 42.5 Å². The first-order valence-corrected chi connectivity index (χ1v) is 8.62. The molecule has 3 nitrogen and oxygen atoms in total. The lowest BCUT2D eigenvalue weighted by molar-refractivity contribution is 0.0954. The van der Waals surface area contributed by atoms with E-state index >= 15 is 0 Å². The van der Waals surface area contributed by atoms with Crippen molar-refractivity contribution in [3.8, 4) is 0 Å². The summed E-state index contributed by atoms with van der Waals surface area (Å²) in [6.07, 6.45) is 9.80. The van der Waals surface area contributed by atoms with Crippen molar-refractivity contribution in [3.63, 3.8) is 0 Å². The van der Waals surface area contributed by atoms with Gasteiger partial charge in [-0.1, -0.05) is 11.6 Å². The van der Waals surface area contributed by atoms with Gasteiger partial charge in [0.2, 0.25) is 0 Å². The van der Waals surface area contributed by atoms with Gasteiger partial charge in [-0.05, 0) is 56.4 Å². The van der Waals surface area contributed by atoms with E-state index in [1.54, 1.807) is 30.5 Å². The van der Waals surface area contributed by atoms with Gasteiger partial charge in [-0.25, -0.2) is 0 Å². The van der Waals surface area contributed by atoms with E-state index in [-0.39, 0.29) is 5.91 Å². The number of amides is 1. The molecule has 20 heavy (non-hydrogen) atoms. The number of hydrogen-bond donors (Lipinski definition) is 1. The van der Waals surface area contributed by atoms with Gasteiger partial charge in [0.05, 0.1) is 0 Å². The second kappa shape index (κ2) is 7.39. The first-order valence-electron chi connectivity index (χ1n) is 7.06. The van der Waals surface area contributed by atoms with Crippen LogP contribution >= 0.6 is 0 Å². The fourth-order valence-corrected chi connectivity index (χ4v) is 2.89. The Morgan fingerprint density at radius 3 is 2.60 bits per heavy atom. The quantitative estimate of drug-likeness (QED) is 0.848. The predicted octanol–water partition coefficient (Wildman–Crippen LogP) is 3.04. The van der Waals surface area contributed by atoms with E-state index in [4.69, 9.17) is 0 Å². The van der Waals surface area contributed by atoms with Crippen LogP contribution in [0.3, 0.4) is 0 Å². The minimum absolute atomic E-state index is 0.0603. The molecule has 1 aromatic rings. The highest BCUT2D eigenvalue weighted by Crippen LogP contribution is 2.19. The molecule has 0 aromatic heterocycles. The molecule has 0 saturated heterocycles.